The van der Waals surface area contributed by atoms with Crippen LogP contribution in [0.25, 0.3) is 0 Å². The topological polar surface area (TPSA) is 68.5 Å². The highest BCUT2D eigenvalue weighted by molar-refractivity contribution is 5.76. The Bertz CT molecular complexity index is 528. The summed E-state index contributed by atoms with van der Waals surface area (Å²) in [4.78, 5) is 18.8. The summed E-state index contributed by atoms with van der Waals surface area (Å²) >= 11 is 0. The fraction of sp³-hybridized carbons (Fsp3) is 0.812. The molecule has 0 spiro atoms. The maximum Gasteiger partial charge on any atom is 0.323 e. The number of likely N-dealkylation sites (tertiary alicyclic amines) is 1. The molecule has 0 aromatic carbocycles. The average Bonchev–Trinajstić information content (AvgIpc) is 3.12. The number of hydrogen-bond donors (Lipinski definition) is 0. The lowest BCUT2D eigenvalue weighted by atomic mass is 9.85. The van der Waals surface area contributed by atoms with Crippen molar-refractivity contribution in [2.45, 2.75) is 70.5 Å². The Kier molecular flexibility index (Phi) is 4.47. The fourth-order valence-corrected chi connectivity index (χ4v) is 3.88. The van der Waals surface area contributed by atoms with Gasteiger partial charge in [-0.3, -0.25) is 9.69 Å². The third-order valence-corrected chi connectivity index (χ3v) is 5.00. The van der Waals surface area contributed by atoms with Gasteiger partial charge in [-0.05, 0) is 25.2 Å². The number of ether oxygens (including phenoxy) is 1. The van der Waals surface area contributed by atoms with E-state index in [4.69, 9.17) is 9.26 Å². The van der Waals surface area contributed by atoms with Gasteiger partial charge >= 0.3 is 5.97 Å². The van der Waals surface area contributed by atoms with Crippen LogP contribution in [-0.2, 0) is 16.1 Å². The first kappa shape index (κ1) is 15.5. The van der Waals surface area contributed by atoms with Gasteiger partial charge in [-0.25, -0.2) is 0 Å². The van der Waals surface area contributed by atoms with Crippen molar-refractivity contribution in [1.29, 1.82) is 0 Å². The second-order valence-electron chi connectivity index (χ2n) is 6.76. The van der Waals surface area contributed by atoms with Gasteiger partial charge < -0.3 is 9.26 Å². The summed E-state index contributed by atoms with van der Waals surface area (Å²) in [5, 5.41) is 4.08. The summed E-state index contributed by atoms with van der Waals surface area (Å²) in [6, 6.07) is 0.276. The number of esters is 1. The zero-order valence-electron chi connectivity index (χ0n) is 13.6. The van der Waals surface area contributed by atoms with E-state index in [2.05, 4.69) is 15.0 Å². The molecule has 0 radical (unpaired) electrons. The van der Waals surface area contributed by atoms with Gasteiger partial charge in [-0.15, -0.1) is 0 Å². The number of rotatable bonds is 4. The summed E-state index contributed by atoms with van der Waals surface area (Å²) in [7, 11) is 1.47. The van der Waals surface area contributed by atoms with Crippen molar-refractivity contribution in [2.75, 3.05) is 7.11 Å². The predicted octanol–water partition coefficient (Wildman–Crippen LogP) is 2.50. The summed E-state index contributed by atoms with van der Waals surface area (Å²) in [5.74, 6) is 2.00. The molecule has 2 heterocycles. The molecule has 2 aliphatic rings. The van der Waals surface area contributed by atoms with E-state index in [1.54, 1.807) is 0 Å². The van der Waals surface area contributed by atoms with Crippen molar-refractivity contribution in [3.8, 4) is 0 Å². The average molecular weight is 307 g/mol. The SMILES string of the molecule is COC(=O)[C@@H]1C[C@H]2CCCC[C@H]2N1Cc1noc(C(C)C)n1. The Labute approximate surface area is 131 Å². The third-order valence-electron chi connectivity index (χ3n) is 5.00. The maximum absolute atomic E-state index is 12.1. The molecule has 122 valence electrons. The second kappa shape index (κ2) is 6.36. The van der Waals surface area contributed by atoms with E-state index in [1.807, 2.05) is 13.8 Å². The minimum absolute atomic E-state index is 0.137. The lowest BCUT2D eigenvalue weighted by Gasteiger charge is -2.32. The van der Waals surface area contributed by atoms with Crippen molar-refractivity contribution in [3.05, 3.63) is 11.7 Å². The Morgan fingerprint density at radius 1 is 1.41 bits per heavy atom. The molecule has 1 saturated heterocycles. The molecule has 0 N–H and O–H groups in total. The maximum atomic E-state index is 12.1. The zero-order chi connectivity index (χ0) is 15.7. The Hall–Kier alpha value is -1.43. The van der Waals surface area contributed by atoms with Crippen LogP contribution in [0.4, 0.5) is 0 Å². The lowest BCUT2D eigenvalue weighted by molar-refractivity contribution is -0.146. The van der Waals surface area contributed by atoms with Crippen molar-refractivity contribution in [3.63, 3.8) is 0 Å². The summed E-state index contributed by atoms with van der Waals surface area (Å²) < 4.78 is 10.3. The van der Waals surface area contributed by atoms with Crippen molar-refractivity contribution < 1.29 is 14.1 Å². The molecule has 6 heteroatoms. The predicted molar refractivity (Wildman–Crippen MR) is 80.1 cm³/mol. The molecule has 1 aromatic rings. The number of aromatic nitrogens is 2. The molecular weight excluding hydrogens is 282 g/mol. The molecule has 0 unspecified atom stereocenters. The molecule has 22 heavy (non-hydrogen) atoms. The van der Waals surface area contributed by atoms with Crippen LogP contribution >= 0.6 is 0 Å². The van der Waals surface area contributed by atoms with E-state index in [0.29, 0.717) is 30.2 Å². The van der Waals surface area contributed by atoms with E-state index in [-0.39, 0.29) is 17.9 Å². The number of methoxy groups -OCH3 is 1. The third kappa shape index (κ3) is 2.89. The highest BCUT2D eigenvalue weighted by Gasteiger charge is 2.45. The number of fused-ring (bicyclic) bond motifs is 1. The Morgan fingerprint density at radius 2 is 2.18 bits per heavy atom. The van der Waals surface area contributed by atoms with E-state index >= 15 is 0 Å². The van der Waals surface area contributed by atoms with Crippen LogP contribution in [0.2, 0.25) is 0 Å². The normalized spacial score (nSPS) is 28.8. The molecule has 0 amide bonds. The number of carbonyl (C=O) groups is 1. The molecule has 6 nitrogen and oxygen atoms in total. The van der Waals surface area contributed by atoms with Gasteiger partial charge in [0.15, 0.2) is 5.82 Å². The minimum atomic E-state index is -0.168. The van der Waals surface area contributed by atoms with Gasteiger partial charge in [0.25, 0.3) is 0 Å². The molecular formula is C16H25N3O3. The fourth-order valence-electron chi connectivity index (χ4n) is 3.88. The largest absolute Gasteiger partial charge is 0.468 e. The zero-order valence-corrected chi connectivity index (χ0v) is 13.6. The van der Waals surface area contributed by atoms with Gasteiger partial charge in [-0.1, -0.05) is 31.8 Å². The smallest absolute Gasteiger partial charge is 0.323 e. The molecule has 0 bridgehead atoms. The molecule has 1 aliphatic carbocycles. The highest BCUT2D eigenvalue weighted by atomic mass is 16.5. The first-order valence-electron chi connectivity index (χ1n) is 8.26. The van der Waals surface area contributed by atoms with E-state index in [0.717, 1.165) is 12.8 Å². The molecule has 1 aliphatic heterocycles. The first-order chi connectivity index (χ1) is 10.6. The van der Waals surface area contributed by atoms with Crippen molar-refractivity contribution >= 4 is 5.97 Å². The van der Waals surface area contributed by atoms with Gasteiger partial charge in [0.1, 0.15) is 6.04 Å². The number of carbonyl (C=O) groups excluding carboxylic acids is 1. The first-order valence-corrected chi connectivity index (χ1v) is 8.26. The van der Waals surface area contributed by atoms with Gasteiger partial charge in [0.05, 0.1) is 13.7 Å². The van der Waals surface area contributed by atoms with E-state index in [9.17, 15) is 4.79 Å². The van der Waals surface area contributed by atoms with E-state index in [1.165, 1.54) is 26.4 Å². The summed E-state index contributed by atoms with van der Waals surface area (Å²) in [6.07, 6.45) is 5.75. The summed E-state index contributed by atoms with van der Waals surface area (Å²) in [6.45, 7) is 4.63. The van der Waals surface area contributed by atoms with Crippen LogP contribution in [0.5, 0.6) is 0 Å². The molecule has 3 atom stereocenters. The van der Waals surface area contributed by atoms with E-state index < -0.39 is 0 Å². The number of nitrogens with zero attached hydrogens (tertiary/aromatic N) is 3. The second-order valence-corrected chi connectivity index (χ2v) is 6.76. The van der Waals surface area contributed by atoms with Gasteiger partial charge in [0.2, 0.25) is 5.89 Å². The Balaban J connectivity index is 1.78. The van der Waals surface area contributed by atoms with Crippen molar-refractivity contribution in [1.82, 2.24) is 15.0 Å². The monoisotopic (exact) mass is 307 g/mol. The molecule has 2 fully saturated rings. The molecule has 1 saturated carbocycles. The van der Waals surface area contributed by atoms with Crippen LogP contribution in [0.3, 0.4) is 0 Å². The minimum Gasteiger partial charge on any atom is -0.468 e. The van der Waals surface area contributed by atoms with Gasteiger partial charge in [0, 0.05) is 12.0 Å². The van der Waals surface area contributed by atoms with Crippen molar-refractivity contribution in [2.24, 2.45) is 5.92 Å². The van der Waals surface area contributed by atoms with Crippen LogP contribution in [0, 0.1) is 5.92 Å². The highest BCUT2D eigenvalue weighted by Crippen LogP contribution is 2.40. The lowest BCUT2D eigenvalue weighted by Crippen LogP contribution is -2.42. The molecule has 3 rings (SSSR count). The van der Waals surface area contributed by atoms with Crippen LogP contribution in [0.15, 0.2) is 4.52 Å². The standard InChI is InChI=1S/C16H25N3O3/c1-10(2)15-17-14(18-22-15)9-19-12-7-5-4-6-11(12)8-13(19)16(20)21-3/h10-13H,4-9H2,1-3H3/t11-,12-,13+/m1/s1. The summed E-state index contributed by atoms with van der Waals surface area (Å²) in [5.41, 5.74) is 0. The van der Waals surface area contributed by atoms with Crippen LogP contribution in [-0.4, -0.2) is 40.2 Å². The number of hydrogen-bond acceptors (Lipinski definition) is 6. The van der Waals surface area contributed by atoms with Crippen LogP contribution < -0.4 is 0 Å². The van der Waals surface area contributed by atoms with Crippen LogP contribution in [0.1, 0.15) is 63.6 Å². The van der Waals surface area contributed by atoms with Gasteiger partial charge in [-0.2, -0.15) is 4.98 Å². The quantitative estimate of drug-likeness (QED) is 0.796. The molecule has 1 aromatic heterocycles. The Morgan fingerprint density at radius 3 is 2.86 bits per heavy atom.